The minimum Gasteiger partial charge on any atom is -0.382 e. The highest BCUT2D eigenvalue weighted by Crippen LogP contribution is 2.52. The molecule has 0 aromatic carbocycles. The molecule has 1 aliphatic carbocycles. The molecule has 2 aliphatic heterocycles. The number of ether oxygens (including phenoxy) is 1. The Kier molecular flexibility index (Phi) is 6.62. The van der Waals surface area contributed by atoms with E-state index in [2.05, 4.69) is 29.9 Å². The number of imidazole rings is 3. The van der Waals surface area contributed by atoms with Crippen molar-refractivity contribution in [2.24, 2.45) is 11.8 Å². The average Bonchev–Trinajstić information content (AvgIpc) is 3.78. The minimum atomic E-state index is -4.51. The van der Waals surface area contributed by atoms with Crippen molar-refractivity contribution in [3.8, 4) is 0 Å². The Labute approximate surface area is 246 Å². The summed E-state index contributed by atoms with van der Waals surface area (Å²) < 4.78 is 59.0. The van der Waals surface area contributed by atoms with E-state index in [0.29, 0.717) is 29.0 Å². The molecule has 2 saturated heterocycles. The first-order valence-electron chi connectivity index (χ1n) is 13.6. The number of anilines is 1. The standard InChI is InChI=1S/C23H24N10O9P2/c24-18-16-19(27-8-26-18)32(9-28-16)14-3-11-5-38-43(35)42-15-4-12(6-39-44(36,37)40-7-13(11)14)41-22(15)33-10-29-17-20(33)30-23-25-1-2-31(23)21(17)34/h1-2,8-15,22H,3-7H2,(H3-,24,25,26,27,30,34,36,37)/p+1/t11-,12+,13-,14-,15-,22-/m1/s1. The molecule has 7 heterocycles. The lowest BCUT2D eigenvalue weighted by molar-refractivity contribution is -0.0449. The largest absolute Gasteiger partial charge is 0.697 e. The average molecular weight is 647 g/mol. The first-order chi connectivity index (χ1) is 21.3. The van der Waals surface area contributed by atoms with Gasteiger partial charge in [0.25, 0.3) is 5.56 Å². The quantitative estimate of drug-likeness (QED) is 0.230. The van der Waals surface area contributed by atoms with Gasteiger partial charge in [-0.25, -0.2) is 33.9 Å². The van der Waals surface area contributed by atoms with E-state index in [9.17, 15) is 18.8 Å². The fourth-order valence-electron chi connectivity index (χ4n) is 6.12. The van der Waals surface area contributed by atoms with Crippen LogP contribution in [0, 0.1) is 11.8 Å². The van der Waals surface area contributed by atoms with Gasteiger partial charge in [-0.15, -0.1) is 9.05 Å². The smallest absolute Gasteiger partial charge is 0.382 e. The maximum atomic E-state index is 13.1. The predicted molar refractivity (Wildman–Crippen MR) is 148 cm³/mol. The number of aromatic amines is 1. The summed E-state index contributed by atoms with van der Waals surface area (Å²) in [5.41, 5.74) is 6.94. The number of hydrogen-bond acceptors (Lipinski definition) is 14. The number of nitrogens with one attached hydrogen (secondary N) is 1. The number of nitrogens with two attached hydrogens (primary N) is 1. The summed E-state index contributed by atoms with van der Waals surface area (Å²) in [5.74, 6) is -0.0187. The van der Waals surface area contributed by atoms with Crippen molar-refractivity contribution >= 4 is 50.0 Å². The number of fused-ring (bicyclic) bond motifs is 6. The van der Waals surface area contributed by atoms with Crippen LogP contribution >= 0.6 is 16.1 Å². The Morgan fingerprint density at radius 1 is 1.05 bits per heavy atom. The van der Waals surface area contributed by atoms with E-state index in [0.717, 1.165) is 0 Å². The van der Waals surface area contributed by atoms with Crippen molar-refractivity contribution in [1.82, 2.24) is 43.4 Å². The van der Waals surface area contributed by atoms with Gasteiger partial charge in [0.15, 0.2) is 29.3 Å². The van der Waals surface area contributed by atoms with Crippen LogP contribution < -0.4 is 11.3 Å². The van der Waals surface area contributed by atoms with Gasteiger partial charge < -0.3 is 24.9 Å². The predicted octanol–water partition coefficient (Wildman–Crippen LogP) is 1.47. The molecule has 2 unspecified atom stereocenters. The molecule has 44 heavy (non-hydrogen) atoms. The highest BCUT2D eigenvalue weighted by atomic mass is 31.2. The summed E-state index contributed by atoms with van der Waals surface area (Å²) >= 11 is 0. The Hall–Kier alpha value is -3.67. The first kappa shape index (κ1) is 27.8. The zero-order chi connectivity index (χ0) is 30.2. The molecule has 3 aliphatic rings. The fraction of sp³-hybridized carbons (Fsp3) is 0.478. The van der Waals surface area contributed by atoms with Crippen molar-refractivity contribution in [1.29, 1.82) is 0 Å². The molecule has 230 valence electrons. The molecular formula is C23H25N10O9P2+. The Morgan fingerprint density at radius 2 is 1.86 bits per heavy atom. The topological polar surface area (TPSA) is 238 Å². The van der Waals surface area contributed by atoms with E-state index in [-0.39, 0.29) is 61.0 Å². The van der Waals surface area contributed by atoms with Gasteiger partial charge in [0.2, 0.25) is 5.78 Å². The molecule has 0 radical (unpaired) electrons. The van der Waals surface area contributed by atoms with Gasteiger partial charge in [-0.3, -0.25) is 18.4 Å². The van der Waals surface area contributed by atoms with Crippen molar-refractivity contribution in [2.75, 3.05) is 25.6 Å². The lowest BCUT2D eigenvalue weighted by Crippen LogP contribution is -2.43. The van der Waals surface area contributed by atoms with Crippen molar-refractivity contribution in [2.45, 2.75) is 37.3 Å². The van der Waals surface area contributed by atoms with Gasteiger partial charge in [-0.05, 0) is 12.3 Å². The molecule has 8 atom stereocenters. The summed E-state index contributed by atoms with van der Waals surface area (Å²) in [4.78, 5) is 47.4. The van der Waals surface area contributed by atoms with E-state index >= 15 is 0 Å². The number of nitrogens with zero attached hydrogens (tertiary/aromatic N) is 8. The van der Waals surface area contributed by atoms with Gasteiger partial charge in [-0.1, -0.05) is 0 Å². The van der Waals surface area contributed by atoms with Crippen LogP contribution in [0.15, 0.2) is 36.2 Å². The van der Waals surface area contributed by atoms with Crippen LogP contribution in [0.4, 0.5) is 5.82 Å². The summed E-state index contributed by atoms with van der Waals surface area (Å²) in [7, 11) is -7.12. The van der Waals surface area contributed by atoms with Crippen LogP contribution in [0.25, 0.3) is 28.1 Å². The third-order valence-corrected chi connectivity index (χ3v) is 10.1. The molecule has 4 N–H and O–H groups in total. The Balaban J connectivity index is 1.06. The highest BCUT2D eigenvalue weighted by Gasteiger charge is 2.49. The second-order valence-electron chi connectivity index (χ2n) is 10.8. The SMILES string of the molecule is Nc1ncnc2c1ncn2[C@@H]1C[C@@H]2CO[P+](=O)O[C@@H]3C[C@@H](COP(=O)(O)OC[C@H]21)O[C@H]3n1cnc2c(=O)n3ccnc3[nH]c21. The van der Waals surface area contributed by atoms with Gasteiger partial charge in [0, 0.05) is 35.3 Å². The zero-order valence-electron chi connectivity index (χ0n) is 22.6. The molecule has 0 spiro atoms. The molecule has 8 rings (SSSR count). The number of aromatic nitrogens is 9. The third-order valence-electron chi connectivity index (χ3n) is 8.36. The molecule has 19 nitrogen and oxygen atoms in total. The van der Waals surface area contributed by atoms with E-state index in [4.69, 9.17) is 28.6 Å². The van der Waals surface area contributed by atoms with Crippen LogP contribution in [0.1, 0.15) is 25.1 Å². The van der Waals surface area contributed by atoms with E-state index < -0.39 is 34.5 Å². The Bertz CT molecular complexity index is 2030. The van der Waals surface area contributed by atoms with Crippen molar-refractivity contribution in [3.05, 3.63) is 41.7 Å². The summed E-state index contributed by atoms with van der Waals surface area (Å²) in [6.45, 7) is -0.450. The maximum Gasteiger partial charge on any atom is 0.697 e. The first-order valence-corrected chi connectivity index (χ1v) is 16.2. The van der Waals surface area contributed by atoms with Gasteiger partial charge in [0.05, 0.1) is 32.0 Å². The summed E-state index contributed by atoms with van der Waals surface area (Å²) in [6, 6.07) is -0.225. The van der Waals surface area contributed by atoms with E-state index in [1.54, 1.807) is 6.33 Å². The van der Waals surface area contributed by atoms with Crippen LogP contribution in [-0.2, 0) is 32.0 Å². The maximum absolute atomic E-state index is 13.1. The third kappa shape index (κ3) is 4.64. The van der Waals surface area contributed by atoms with Crippen LogP contribution in [-0.4, -0.2) is 80.4 Å². The van der Waals surface area contributed by atoms with Crippen LogP contribution in [0.5, 0.6) is 0 Å². The molecule has 5 aromatic heterocycles. The van der Waals surface area contributed by atoms with Gasteiger partial charge >= 0.3 is 16.1 Å². The number of nitrogen functional groups attached to an aromatic ring is 1. The Morgan fingerprint density at radius 3 is 2.75 bits per heavy atom. The molecule has 2 bridgehead atoms. The monoisotopic (exact) mass is 647 g/mol. The van der Waals surface area contributed by atoms with Gasteiger partial charge in [0.1, 0.15) is 24.1 Å². The number of H-pyrrole nitrogens is 1. The normalized spacial score (nSPS) is 32.5. The number of phosphoric ester groups is 1. The molecule has 3 fully saturated rings. The second kappa shape index (κ2) is 10.5. The number of rotatable bonds is 2. The van der Waals surface area contributed by atoms with Crippen molar-refractivity contribution < 1.29 is 36.9 Å². The molecular weight excluding hydrogens is 622 g/mol. The van der Waals surface area contributed by atoms with Crippen LogP contribution in [0.2, 0.25) is 0 Å². The number of hydrogen-bond donors (Lipinski definition) is 3. The summed E-state index contributed by atoms with van der Waals surface area (Å²) in [6.07, 6.45) is 5.45. The summed E-state index contributed by atoms with van der Waals surface area (Å²) in [5, 5.41) is 0. The van der Waals surface area contributed by atoms with Crippen LogP contribution in [0.3, 0.4) is 0 Å². The molecule has 21 heteroatoms. The lowest BCUT2D eigenvalue weighted by Gasteiger charge is -2.44. The zero-order valence-corrected chi connectivity index (χ0v) is 24.4. The van der Waals surface area contributed by atoms with E-state index in [1.165, 1.54) is 34.0 Å². The van der Waals surface area contributed by atoms with Crippen molar-refractivity contribution in [3.63, 3.8) is 0 Å². The minimum absolute atomic E-state index is 0.0287. The van der Waals surface area contributed by atoms with Gasteiger partial charge in [-0.2, -0.15) is 0 Å². The molecule has 1 saturated carbocycles. The molecule has 0 amide bonds. The molecule has 5 aromatic rings. The highest BCUT2D eigenvalue weighted by molar-refractivity contribution is 7.47. The van der Waals surface area contributed by atoms with E-state index in [1.807, 2.05) is 4.57 Å². The lowest BCUT2D eigenvalue weighted by atomic mass is 9.70. The number of phosphoric acid groups is 1. The second-order valence-corrected chi connectivity index (χ2v) is 13.2. The fourth-order valence-corrected chi connectivity index (χ4v) is 7.69.